The Hall–Kier alpha value is -2.08. The molecular formula is C18H26N2O4. The molecule has 0 radical (unpaired) electrons. The minimum absolute atomic E-state index is 0.0270. The Labute approximate surface area is 143 Å². The van der Waals surface area contributed by atoms with Crippen LogP contribution in [0.4, 0.5) is 10.5 Å². The predicted molar refractivity (Wildman–Crippen MR) is 92.2 cm³/mol. The number of nitrogens with zero attached hydrogens (tertiary/aromatic N) is 1. The third-order valence-corrected chi connectivity index (χ3v) is 3.48. The van der Waals surface area contributed by atoms with E-state index in [1.54, 1.807) is 49.9 Å². The van der Waals surface area contributed by atoms with Crippen molar-refractivity contribution in [3.05, 3.63) is 29.8 Å². The van der Waals surface area contributed by atoms with Crippen molar-refractivity contribution in [2.24, 2.45) is 0 Å². The van der Waals surface area contributed by atoms with Crippen molar-refractivity contribution in [1.82, 2.24) is 4.90 Å². The van der Waals surface area contributed by atoms with Crippen molar-refractivity contribution in [2.75, 3.05) is 18.4 Å². The fourth-order valence-electron chi connectivity index (χ4n) is 2.64. The maximum absolute atomic E-state index is 12.6. The Morgan fingerprint density at radius 2 is 1.67 bits per heavy atom. The molecule has 1 aromatic rings. The van der Waals surface area contributed by atoms with Crippen LogP contribution in [0.15, 0.2) is 24.3 Å². The lowest BCUT2D eigenvalue weighted by molar-refractivity contribution is -0.0586. The zero-order valence-electron chi connectivity index (χ0n) is 15.0. The molecule has 0 bridgehead atoms. The molecule has 132 valence electrons. The van der Waals surface area contributed by atoms with Crippen molar-refractivity contribution in [2.45, 2.75) is 52.4 Å². The molecule has 1 N–H and O–H groups in total. The number of amides is 2. The van der Waals surface area contributed by atoms with E-state index < -0.39 is 11.7 Å². The summed E-state index contributed by atoms with van der Waals surface area (Å²) in [5.74, 6) is -0.0270. The molecule has 0 spiro atoms. The fourth-order valence-corrected chi connectivity index (χ4v) is 2.64. The summed E-state index contributed by atoms with van der Waals surface area (Å²) in [7, 11) is 0. The monoisotopic (exact) mass is 334 g/mol. The van der Waals surface area contributed by atoms with Gasteiger partial charge in [0.25, 0.3) is 5.91 Å². The quantitative estimate of drug-likeness (QED) is 0.901. The zero-order valence-corrected chi connectivity index (χ0v) is 15.0. The van der Waals surface area contributed by atoms with Crippen molar-refractivity contribution >= 4 is 17.7 Å². The normalized spacial score (nSPS) is 21.3. The molecule has 1 aliphatic heterocycles. The van der Waals surface area contributed by atoms with Gasteiger partial charge in [0.2, 0.25) is 0 Å². The second-order valence-corrected chi connectivity index (χ2v) is 7.17. The summed E-state index contributed by atoms with van der Waals surface area (Å²) >= 11 is 0. The van der Waals surface area contributed by atoms with E-state index in [2.05, 4.69) is 5.32 Å². The second kappa shape index (κ2) is 7.21. The highest BCUT2D eigenvalue weighted by atomic mass is 16.6. The topological polar surface area (TPSA) is 67.9 Å². The third-order valence-electron chi connectivity index (χ3n) is 3.48. The van der Waals surface area contributed by atoms with Crippen molar-refractivity contribution < 1.29 is 19.1 Å². The van der Waals surface area contributed by atoms with Crippen molar-refractivity contribution in [1.29, 1.82) is 0 Å². The van der Waals surface area contributed by atoms with Crippen LogP contribution in [0.2, 0.25) is 0 Å². The van der Waals surface area contributed by atoms with E-state index in [9.17, 15) is 9.59 Å². The van der Waals surface area contributed by atoms with Gasteiger partial charge in [0.05, 0.1) is 12.2 Å². The van der Waals surface area contributed by atoms with Crippen LogP contribution in [0.5, 0.6) is 0 Å². The van der Waals surface area contributed by atoms with E-state index in [1.807, 2.05) is 13.8 Å². The molecule has 1 aliphatic rings. The molecule has 6 nitrogen and oxygen atoms in total. The van der Waals surface area contributed by atoms with Crippen LogP contribution in [-0.2, 0) is 9.47 Å². The minimum atomic E-state index is -0.552. The average Bonchev–Trinajstić information content (AvgIpc) is 2.44. The SMILES string of the molecule is C[C@H]1CN(C(=O)c2ccc(NC(=O)OC(C)(C)C)cc2)C[C@H](C)O1. The van der Waals surface area contributed by atoms with Gasteiger partial charge in [0.1, 0.15) is 5.60 Å². The first-order chi connectivity index (χ1) is 11.1. The molecule has 1 aromatic carbocycles. The summed E-state index contributed by atoms with van der Waals surface area (Å²) < 4.78 is 10.8. The maximum atomic E-state index is 12.6. The highest BCUT2D eigenvalue weighted by Crippen LogP contribution is 2.17. The van der Waals surface area contributed by atoms with Crippen LogP contribution >= 0.6 is 0 Å². The van der Waals surface area contributed by atoms with Gasteiger partial charge >= 0.3 is 6.09 Å². The number of carbonyl (C=O) groups is 2. The first-order valence-corrected chi connectivity index (χ1v) is 8.19. The van der Waals surface area contributed by atoms with Gasteiger partial charge in [-0.25, -0.2) is 4.79 Å². The summed E-state index contributed by atoms with van der Waals surface area (Å²) in [5, 5.41) is 2.65. The van der Waals surface area contributed by atoms with Crippen LogP contribution < -0.4 is 5.32 Å². The van der Waals surface area contributed by atoms with E-state index in [0.717, 1.165) is 0 Å². The molecule has 1 saturated heterocycles. The fraction of sp³-hybridized carbons (Fsp3) is 0.556. The molecular weight excluding hydrogens is 308 g/mol. The largest absolute Gasteiger partial charge is 0.444 e. The van der Waals surface area contributed by atoms with Gasteiger partial charge in [0.15, 0.2) is 0 Å². The zero-order chi connectivity index (χ0) is 17.9. The first-order valence-electron chi connectivity index (χ1n) is 8.19. The first kappa shape index (κ1) is 18.3. The molecule has 0 aromatic heterocycles. The number of hydrogen-bond acceptors (Lipinski definition) is 4. The van der Waals surface area contributed by atoms with Crippen LogP contribution in [0.3, 0.4) is 0 Å². The number of nitrogens with one attached hydrogen (secondary N) is 1. The molecule has 0 saturated carbocycles. The lowest BCUT2D eigenvalue weighted by Crippen LogP contribution is -2.48. The number of morpholine rings is 1. The van der Waals surface area contributed by atoms with Gasteiger partial charge in [-0.1, -0.05) is 0 Å². The summed E-state index contributed by atoms with van der Waals surface area (Å²) in [6, 6.07) is 6.81. The Kier molecular flexibility index (Phi) is 5.49. The summed E-state index contributed by atoms with van der Waals surface area (Å²) in [4.78, 5) is 26.1. The Morgan fingerprint density at radius 1 is 1.12 bits per heavy atom. The highest BCUT2D eigenvalue weighted by Gasteiger charge is 2.26. The molecule has 1 fully saturated rings. The number of rotatable bonds is 2. The third kappa shape index (κ3) is 5.23. The number of benzene rings is 1. The molecule has 2 atom stereocenters. The van der Waals surface area contributed by atoms with Gasteiger partial charge in [-0.05, 0) is 58.9 Å². The smallest absolute Gasteiger partial charge is 0.412 e. The average molecular weight is 334 g/mol. The van der Waals surface area contributed by atoms with Crippen molar-refractivity contribution in [3.8, 4) is 0 Å². The van der Waals surface area contributed by atoms with E-state index in [-0.39, 0.29) is 18.1 Å². The lowest BCUT2D eigenvalue weighted by atomic mass is 10.1. The van der Waals surface area contributed by atoms with Crippen LogP contribution in [0.1, 0.15) is 45.0 Å². The molecule has 0 unspecified atom stereocenters. The molecule has 0 aliphatic carbocycles. The van der Waals surface area contributed by atoms with E-state index >= 15 is 0 Å². The second-order valence-electron chi connectivity index (χ2n) is 7.17. The Bertz CT molecular complexity index is 582. The standard InChI is InChI=1S/C18H26N2O4/c1-12-10-20(11-13(2)23-12)16(21)14-6-8-15(9-7-14)19-17(22)24-18(3,4)5/h6-9,12-13H,10-11H2,1-5H3,(H,19,22)/t12-,13-/m0/s1. The number of hydrogen-bond donors (Lipinski definition) is 1. The number of carbonyl (C=O) groups excluding carboxylic acids is 2. The highest BCUT2D eigenvalue weighted by molar-refractivity contribution is 5.95. The van der Waals surface area contributed by atoms with Crippen LogP contribution in [-0.4, -0.2) is 47.8 Å². The minimum Gasteiger partial charge on any atom is -0.444 e. The molecule has 6 heteroatoms. The molecule has 24 heavy (non-hydrogen) atoms. The van der Waals surface area contributed by atoms with Crippen molar-refractivity contribution in [3.63, 3.8) is 0 Å². The molecule has 1 heterocycles. The van der Waals surface area contributed by atoms with Crippen LogP contribution in [0.25, 0.3) is 0 Å². The Morgan fingerprint density at radius 3 is 2.17 bits per heavy atom. The van der Waals surface area contributed by atoms with Gasteiger partial charge in [0, 0.05) is 24.3 Å². The Balaban J connectivity index is 1.98. The lowest BCUT2D eigenvalue weighted by Gasteiger charge is -2.35. The summed E-state index contributed by atoms with van der Waals surface area (Å²) in [6.45, 7) is 10.5. The van der Waals surface area contributed by atoms with Gasteiger partial charge in [-0.15, -0.1) is 0 Å². The van der Waals surface area contributed by atoms with Gasteiger partial charge in [-0.2, -0.15) is 0 Å². The molecule has 2 rings (SSSR count). The predicted octanol–water partition coefficient (Wildman–Crippen LogP) is 3.28. The van der Waals surface area contributed by atoms with E-state index in [0.29, 0.717) is 24.3 Å². The van der Waals surface area contributed by atoms with E-state index in [4.69, 9.17) is 9.47 Å². The number of ether oxygens (including phenoxy) is 2. The molecule has 2 amide bonds. The van der Waals surface area contributed by atoms with Gasteiger partial charge in [-0.3, -0.25) is 10.1 Å². The number of anilines is 1. The van der Waals surface area contributed by atoms with Crippen LogP contribution in [0, 0.1) is 0 Å². The summed E-state index contributed by atoms with van der Waals surface area (Å²) in [6.07, 6.45) is -0.450. The summed E-state index contributed by atoms with van der Waals surface area (Å²) in [5.41, 5.74) is 0.625. The maximum Gasteiger partial charge on any atom is 0.412 e. The van der Waals surface area contributed by atoms with Gasteiger partial charge < -0.3 is 14.4 Å². The van der Waals surface area contributed by atoms with E-state index in [1.165, 1.54) is 0 Å².